The fourth-order valence-corrected chi connectivity index (χ4v) is 2.67. The van der Waals surface area contributed by atoms with E-state index in [1.54, 1.807) is 7.11 Å². The molecular formula is C21H20N2O2. The summed E-state index contributed by atoms with van der Waals surface area (Å²) in [5.74, 6) is 3.88. The molecule has 2 aromatic carbocycles. The van der Waals surface area contributed by atoms with Crippen LogP contribution in [0.5, 0.6) is 5.75 Å². The number of methoxy groups -OCH3 is 1. The topological polar surface area (TPSA) is 47.3 Å². The Hall–Kier alpha value is -3.03. The number of aryl methyl sites for hydroxylation is 1. The van der Waals surface area contributed by atoms with Crippen molar-refractivity contribution in [2.24, 2.45) is 0 Å². The molecule has 3 aromatic rings. The van der Waals surface area contributed by atoms with Crippen LogP contribution in [0.15, 0.2) is 54.7 Å². The molecule has 4 heteroatoms. The van der Waals surface area contributed by atoms with Gasteiger partial charge in [0.2, 0.25) is 0 Å². The van der Waals surface area contributed by atoms with Gasteiger partial charge in [0.05, 0.1) is 19.3 Å². The van der Waals surface area contributed by atoms with Gasteiger partial charge < -0.3 is 14.4 Å². The molecule has 25 heavy (non-hydrogen) atoms. The number of benzene rings is 2. The molecule has 0 aliphatic heterocycles. The van der Waals surface area contributed by atoms with Gasteiger partial charge >= 0.3 is 0 Å². The van der Waals surface area contributed by atoms with E-state index in [2.05, 4.69) is 10.9 Å². The van der Waals surface area contributed by atoms with E-state index in [0.717, 1.165) is 22.6 Å². The summed E-state index contributed by atoms with van der Waals surface area (Å²) in [6, 6.07) is 15.4. The summed E-state index contributed by atoms with van der Waals surface area (Å²) in [5.41, 5.74) is 3.70. The van der Waals surface area contributed by atoms with Crippen LogP contribution in [0.4, 0.5) is 0 Å². The van der Waals surface area contributed by atoms with Crippen molar-refractivity contribution in [3.05, 3.63) is 71.7 Å². The highest BCUT2D eigenvalue weighted by Crippen LogP contribution is 2.27. The molecular weight excluding hydrogens is 312 g/mol. The number of hydrogen-bond acceptors (Lipinski definition) is 3. The lowest BCUT2D eigenvalue weighted by molar-refractivity contribution is 0.205. The van der Waals surface area contributed by atoms with Gasteiger partial charge in [-0.1, -0.05) is 47.9 Å². The monoisotopic (exact) mass is 332 g/mol. The van der Waals surface area contributed by atoms with Gasteiger partial charge in [0.25, 0.3) is 0 Å². The summed E-state index contributed by atoms with van der Waals surface area (Å²) in [4.78, 5) is 4.63. The molecule has 1 unspecified atom stereocenters. The van der Waals surface area contributed by atoms with E-state index in [9.17, 15) is 5.11 Å². The molecule has 1 heterocycles. The summed E-state index contributed by atoms with van der Waals surface area (Å²) >= 11 is 0. The Morgan fingerprint density at radius 3 is 2.44 bits per heavy atom. The molecule has 1 aromatic heterocycles. The summed E-state index contributed by atoms with van der Waals surface area (Å²) < 4.78 is 6.97. The third-order valence-corrected chi connectivity index (χ3v) is 4.09. The molecule has 1 atom stereocenters. The maximum Gasteiger partial charge on any atom is 0.143 e. The highest BCUT2D eigenvalue weighted by molar-refractivity contribution is 5.59. The highest BCUT2D eigenvalue weighted by Gasteiger charge is 2.19. The first-order valence-electron chi connectivity index (χ1n) is 8.02. The largest absolute Gasteiger partial charge is 0.497 e. The molecule has 0 amide bonds. The number of ether oxygens (including phenoxy) is 1. The van der Waals surface area contributed by atoms with Crippen LogP contribution in [0, 0.1) is 19.3 Å². The van der Waals surface area contributed by atoms with Crippen LogP contribution in [-0.2, 0) is 6.54 Å². The van der Waals surface area contributed by atoms with Crippen molar-refractivity contribution in [3.63, 3.8) is 0 Å². The van der Waals surface area contributed by atoms with E-state index < -0.39 is 6.10 Å². The molecule has 1 N–H and O–H groups in total. The molecule has 3 rings (SSSR count). The Morgan fingerprint density at radius 2 is 1.84 bits per heavy atom. The van der Waals surface area contributed by atoms with Gasteiger partial charge in [-0.15, -0.1) is 6.42 Å². The highest BCUT2D eigenvalue weighted by atomic mass is 16.5. The van der Waals surface area contributed by atoms with Crippen molar-refractivity contribution < 1.29 is 9.84 Å². The maximum atomic E-state index is 10.8. The number of imidazole rings is 1. The summed E-state index contributed by atoms with van der Waals surface area (Å²) in [6.45, 7) is 2.39. The number of aliphatic hydroxyl groups excluding tert-OH is 1. The summed E-state index contributed by atoms with van der Waals surface area (Å²) in [6.07, 6.45) is 6.50. The second kappa shape index (κ2) is 7.25. The standard InChI is InChI=1S/C21H20N2O2/c1-4-13-23-14-19(16-7-5-15(2)6-8-16)22-21(23)20(24)17-9-11-18(25-3)12-10-17/h1,5-12,14,20,24H,13H2,2-3H3. The second-order valence-corrected chi connectivity index (χ2v) is 5.86. The minimum absolute atomic E-state index is 0.349. The molecule has 0 radical (unpaired) electrons. The van der Waals surface area contributed by atoms with E-state index in [1.807, 2.05) is 66.2 Å². The fourth-order valence-electron chi connectivity index (χ4n) is 2.67. The maximum absolute atomic E-state index is 10.8. The van der Waals surface area contributed by atoms with Crippen molar-refractivity contribution in [2.75, 3.05) is 7.11 Å². The molecule has 0 spiro atoms. The molecule has 0 aliphatic rings. The Balaban J connectivity index is 1.98. The molecule has 0 saturated carbocycles. The lowest BCUT2D eigenvalue weighted by Gasteiger charge is -2.12. The van der Waals surface area contributed by atoms with Crippen molar-refractivity contribution in [1.82, 2.24) is 9.55 Å². The summed E-state index contributed by atoms with van der Waals surface area (Å²) in [7, 11) is 1.61. The Labute approximate surface area is 147 Å². The second-order valence-electron chi connectivity index (χ2n) is 5.86. The SMILES string of the molecule is C#CCn1cc(-c2ccc(C)cc2)nc1C(O)c1ccc(OC)cc1. The van der Waals surface area contributed by atoms with Crippen LogP contribution in [0.1, 0.15) is 23.1 Å². The van der Waals surface area contributed by atoms with Gasteiger partial charge in [-0.2, -0.15) is 0 Å². The van der Waals surface area contributed by atoms with E-state index >= 15 is 0 Å². The quantitative estimate of drug-likeness (QED) is 0.727. The lowest BCUT2D eigenvalue weighted by Crippen LogP contribution is -2.09. The third-order valence-electron chi connectivity index (χ3n) is 4.09. The first-order chi connectivity index (χ1) is 12.1. The Bertz CT molecular complexity index is 887. The van der Waals surface area contributed by atoms with Crippen molar-refractivity contribution in [1.29, 1.82) is 0 Å². The zero-order valence-corrected chi connectivity index (χ0v) is 14.3. The van der Waals surface area contributed by atoms with Crippen molar-refractivity contribution in [2.45, 2.75) is 19.6 Å². The van der Waals surface area contributed by atoms with Gasteiger partial charge in [-0.25, -0.2) is 4.98 Å². The normalized spacial score (nSPS) is 11.8. The van der Waals surface area contributed by atoms with Gasteiger partial charge in [-0.05, 0) is 24.6 Å². The average Bonchev–Trinajstić information content (AvgIpc) is 3.06. The van der Waals surface area contributed by atoms with Gasteiger partial charge in [0, 0.05) is 11.8 Å². The zero-order valence-electron chi connectivity index (χ0n) is 14.3. The number of rotatable bonds is 5. The van der Waals surface area contributed by atoms with E-state index in [1.165, 1.54) is 5.56 Å². The van der Waals surface area contributed by atoms with Crippen LogP contribution in [0.3, 0.4) is 0 Å². The number of aliphatic hydroxyl groups is 1. The van der Waals surface area contributed by atoms with Gasteiger partial charge in [0.15, 0.2) is 0 Å². The van der Waals surface area contributed by atoms with Crippen LogP contribution >= 0.6 is 0 Å². The van der Waals surface area contributed by atoms with Crippen LogP contribution in [0.25, 0.3) is 11.3 Å². The summed E-state index contributed by atoms with van der Waals surface area (Å²) in [5, 5.41) is 10.8. The Kier molecular flexibility index (Phi) is 4.87. The van der Waals surface area contributed by atoms with Crippen molar-refractivity contribution in [3.8, 4) is 29.4 Å². The van der Waals surface area contributed by atoms with E-state index in [-0.39, 0.29) is 0 Å². The minimum Gasteiger partial charge on any atom is -0.497 e. The first-order valence-corrected chi connectivity index (χ1v) is 8.02. The zero-order chi connectivity index (χ0) is 17.8. The Morgan fingerprint density at radius 1 is 1.16 bits per heavy atom. The van der Waals surface area contributed by atoms with Crippen LogP contribution < -0.4 is 4.74 Å². The lowest BCUT2D eigenvalue weighted by atomic mass is 10.1. The first kappa shape index (κ1) is 16.8. The van der Waals surface area contributed by atoms with Crippen molar-refractivity contribution >= 4 is 0 Å². The molecule has 4 nitrogen and oxygen atoms in total. The average molecular weight is 332 g/mol. The number of terminal acetylenes is 1. The molecule has 0 aliphatic carbocycles. The smallest absolute Gasteiger partial charge is 0.143 e. The van der Waals surface area contributed by atoms with Gasteiger partial charge in [0.1, 0.15) is 17.7 Å². The fraction of sp³-hybridized carbons (Fsp3) is 0.190. The van der Waals surface area contributed by atoms with Gasteiger partial charge in [-0.3, -0.25) is 0 Å². The predicted molar refractivity (Wildman–Crippen MR) is 98.3 cm³/mol. The molecule has 0 bridgehead atoms. The minimum atomic E-state index is -0.863. The predicted octanol–water partition coefficient (Wildman–Crippen LogP) is 3.58. The molecule has 0 fully saturated rings. The number of hydrogen-bond donors (Lipinski definition) is 1. The number of nitrogens with zero attached hydrogens (tertiary/aromatic N) is 2. The third kappa shape index (κ3) is 3.57. The van der Waals surface area contributed by atoms with Crippen LogP contribution in [0.2, 0.25) is 0 Å². The van der Waals surface area contributed by atoms with Crippen LogP contribution in [-0.4, -0.2) is 21.8 Å². The molecule has 0 saturated heterocycles. The van der Waals surface area contributed by atoms with E-state index in [4.69, 9.17) is 11.2 Å². The van der Waals surface area contributed by atoms with E-state index in [0.29, 0.717) is 12.4 Å². The number of aromatic nitrogens is 2. The molecule has 126 valence electrons.